The number of rotatable bonds is 6. The molecule has 0 aliphatic rings. The number of aliphatic carboxylic acids is 1. The van der Waals surface area contributed by atoms with E-state index in [4.69, 9.17) is 5.11 Å². The highest BCUT2D eigenvalue weighted by molar-refractivity contribution is 5.75. The van der Waals surface area contributed by atoms with Crippen molar-refractivity contribution in [1.82, 2.24) is 10.2 Å². The van der Waals surface area contributed by atoms with Crippen molar-refractivity contribution in [2.24, 2.45) is 0 Å². The molecule has 0 aliphatic heterocycles. The molecule has 0 bridgehead atoms. The molecule has 0 spiro atoms. The third-order valence-electron chi connectivity index (χ3n) is 3.49. The fourth-order valence-electron chi connectivity index (χ4n) is 1.74. The van der Waals surface area contributed by atoms with E-state index in [1.165, 1.54) is 4.90 Å². The Balaban J connectivity index is 2.71. The van der Waals surface area contributed by atoms with Gasteiger partial charge in [-0.2, -0.15) is 0 Å². The summed E-state index contributed by atoms with van der Waals surface area (Å²) >= 11 is 0. The molecule has 0 radical (unpaired) electrons. The Labute approximate surface area is 124 Å². The Hall–Kier alpha value is -2.08. The van der Waals surface area contributed by atoms with Gasteiger partial charge in [0.2, 0.25) is 0 Å². The number of nitrogens with zero attached hydrogens (tertiary/aromatic N) is 1. The Morgan fingerprint density at radius 3 is 2.33 bits per heavy atom. The summed E-state index contributed by atoms with van der Waals surface area (Å²) in [6, 6.07) is 6.77. The lowest BCUT2D eigenvalue weighted by molar-refractivity contribution is -0.136. The molecule has 1 aromatic rings. The maximum absolute atomic E-state index is 12.0. The molecule has 0 aromatic heterocycles. The van der Waals surface area contributed by atoms with Gasteiger partial charge in [0.25, 0.3) is 0 Å². The molecule has 116 valence electrons. The van der Waals surface area contributed by atoms with E-state index >= 15 is 0 Å². The molecule has 1 aromatic carbocycles. The van der Waals surface area contributed by atoms with Gasteiger partial charge in [0.15, 0.2) is 0 Å². The van der Waals surface area contributed by atoms with Crippen LogP contribution in [0.25, 0.3) is 0 Å². The third-order valence-corrected chi connectivity index (χ3v) is 3.49. The van der Waals surface area contributed by atoms with E-state index in [2.05, 4.69) is 5.32 Å². The van der Waals surface area contributed by atoms with Crippen LogP contribution in [0.4, 0.5) is 4.79 Å². The highest BCUT2D eigenvalue weighted by Gasteiger charge is 2.26. The zero-order valence-electron chi connectivity index (χ0n) is 12.6. The predicted molar refractivity (Wildman–Crippen MR) is 78.9 cm³/mol. The Kier molecular flexibility index (Phi) is 5.72. The minimum Gasteiger partial charge on any atom is -0.481 e. The van der Waals surface area contributed by atoms with Crippen molar-refractivity contribution >= 4 is 12.0 Å². The summed E-state index contributed by atoms with van der Waals surface area (Å²) in [7, 11) is 1.61. The maximum Gasteiger partial charge on any atom is 0.317 e. The molecule has 0 saturated heterocycles. The van der Waals surface area contributed by atoms with E-state index in [1.807, 2.05) is 0 Å². The number of carboxylic acids is 1. The lowest BCUT2D eigenvalue weighted by Gasteiger charge is -2.33. The molecular formula is C15H22N2O4. The SMILES string of the molecule is CN(C(=O)NCc1ccccc1CC(=O)O)C(C)(C)CO. The van der Waals surface area contributed by atoms with Gasteiger partial charge in [-0.1, -0.05) is 24.3 Å². The largest absolute Gasteiger partial charge is 0.481 e. The fraction of sp³-hybridized carbons (Fsp3) is 0.467. The first-order chi connectivity index (χ1) is 9.77. The van der Waals surface area contributed by atoms with Crippen molar-refractivity contribution in [2.75, 3.05) is 13.7 Å². The number of carbonyl (C=O) groups is 2. The fourth-order valence-corrected chi connectivity index (χ4v) is 1.74. The molecule has 0 saturated carbocycles. The lowest BCUT2D eigenvalue weighted by Crippen LogP contribution is -2.51. The first-order valence-electron chi connectivity index (χ1n) is 6.69. The molecule has 0 fully saturated rings. The van der Waals surface area contributed by atoms with Gasteiger partial charge in [0.1, 0.15) is 0 Å². The second kappa shape index (κ2) is 7.08. The molecule has 6 heteroatoms. The first kappa shape index (κ1) is 17.0. The van der Waals surface area contributed by atoms with Crippen LogP contribution in [0.2, 0.25) is 0 Å². The molecule has 3 N–H and O–H groups in total. The Morgan fingerprint density at radius 1 is 1.24 bits per heavy atom. The van der Waals surface area contributed by atoms with Crippen molar-refractivity contribution < 1.29 is 19.8 Å². The minimum atomic E-state index is -0.910. The normalized spacial score (nSPS) is 11.0. The highest BCUT2D eigenvalue weighted by Crippen LogP contribution is 2.12. The standard InChI is InChI=1S/C15H22N2O4/c1-15(2,10-18)17(3)14(21)16-9-12-7-5-4-6-11(12)8-13(19)20/h4-7,18H,8-10H2,1-3H3,(H,16,21)(H,19,20). The molecular weight excluding hydrogens is 272 g/mol. The van der Waals surface area contributed by atoms with Gasteiger partial charge in [0, 0.05) is 13.6 Å². The average molecular weight is 294 g/mol. The Bertz CT molecular complexity index is 514. The van der Waals surface area contributed by atoms with Gasteiger partial charge in [0.05, 0.1) is 18.6 Å². The number of hydrogen-bond donors (Lipinski definition) is 3. The second-order valence-corrected chi connectivity index (χ2v) is 5.53. The summed E-state index contributed by atoms with van der Waals surface area (Å²) in [4.78, 5) is 24.3. The smallest absolute Gasteiger partial charge is 0.317 e. The van der Waals surface area contributed by atoms with Crippen molar-refractivity contribution in [3.8, 4) is 0 Å². The van der Waals surface area contributed by atoms with Crippen molar-refractivity contribution in [3.63, 3.8) is 0 Å². The quantitative estimate of drug-likeness (QED) is 0.736. The summed E-state index contributed by atoms with van der Waals surface area (Å²) < 4.78 is 0. The number of amides is 2. The zero-order chi connectivity index (χ0) is 16.0. The van der Waals surface area contributed by atoms with Gasteiger partial charge in [-0.25, -0.2) is 4.79 Å². The molecule has 0 aliphatic carbocycles. The molecule has 1 rings (SSSR count). The van der Waals surface area contributed by atoms with E-state index < -0.39 is 11.5 Å². The number of aliphatic hydroxyl groups excluding tert-OH is 1. The summed E-state index contributed by atoms with van der Waals surface area (Å²) in [6.07, 6.45) is -0.0793. The van der Waals surface area contributed by atoms with Crippen LogP contribution in [-0.2, 0) is 17.8 Å². The van der Waals surface area contributed by atoms with Crippen LogP contribution < -0.4 is 5.32 Å². The third kappa shape index (κ3) is 4.75. The van der Waals surface area contributed by atoms with Crippen LogP contribution >= 0.6 is 0 Å². The summed E-state index contributed by atoms with van der Waals surface area (Å²) in [5.41, 5.74) is 0.780. The number of nitrogens with one attached hydrogen (secondary N) is 1. The van der Waals surface area contributed by atoms with E-state index in [0.717, 1.165) is 5.56 Å². The van der Waals surface area contributed by atoms with E-state index in [9.17, 15) is 14.7 Å². The summed E-state index contributed by atoms with van der Waals surface area (Å²) in [5, 5.41) is 20.9. The average Bonchev–Trinajstić information content (AvgIpc) is 2.44. The number of urea groups is 1. The number of carboxylic acid groups (broad SMARTS) is 1. The second-order valence-electron chi connectivity index (χ2n) is 5.53. The molecule has 21 heavy (non-hydrogen) atoms. The molecule has 2 amide bonds. The molecule has 0 atom stereocenters. The summed E-state index contributed by atoms with van der Waals surface area (Å²) in [5.74, 6) is -0.910. The lowest BCUT2D eigenvalue weighted by atomic mass is 10.0. The number of aliphatic hydroxyl groups is 1. The van der Waals surface area contributed by atoms with Gasteiger partial charge in [-0.15, -0.1) is 0 Å². The van der Waals surface area contributed by atoms with Crippen molar-refractivity contribution in [3.05, 3.63) is 35.4 Å². The Morgan fingerprint density at radius 2 is 1.81 bits per heavy atom. The summed E-state index contributed by atoms with van der Waals surface area (Å²) in [6.45, 7) is 3.61. The van der Waals surface area contributed by atoms with Gasteiger partial charge >= 0.3 is 12.0 Å². The minimum absolute atomic E-state index is 0.0793. The van der Waals surface area contributed by atoms with Crippen molar-refractivity contribution in [2.45, 2.75) is 32.4 Å². The number of carbonyl (C=O) groups excluding carboxylic acids is 1. The van der Waals surface area contributed by atoms with Crippen LogP contribution in [0.1, 0.15) is 25.0 Å². The van der Waals surface area contributed by atoms with Gasteiger partial charge in [-0.05, 0) is 25.0 Å². The van der Waals surface area contributed by atoms with Crippen LogP contribution in [-0.4, -0.2) is 46.3 Å². The monoisotopic (exact) mass is 294 g/mol. The molecule has 0 unspecified atom stereocenters. The zero-order valence-corrected chi connectivity index (χ0v) is 12.6. The number of benzene rings is 1. The van der Waals surface area contributed by atoms with Crippen LogP contribution in [0.3, 0.4) is 0 Å². The predicted octanol–water partition coefficient (Wildman–Crippen LogP) is 1.23. The number of hydrogen-bond acceptors (Lipinski definition) is 3. The number of likely N-dealkylation sites (N-methyl/N-ethyl adjacent to an activating group) is 1. The van der Waals surface area contributed by atoms with E-state index in [0.29, 0.717) is 5.56 Å². The first-order valence-corrected chi connectivity index (χ1v) is 6.69. The topological polar surface area (TPSA) is 89.9 Å². The highest BCUT2D eigenvalue weighted by atomic mass is 16.4. The van der Waals surface area contributed by atoms with Crippen LogP contribution in [0.5, 0.6) is 0 Å². The van der Waals surface area contributed by atoms with Gasteiger partial charge in [-0.3, -0.25) is 4.79 Å². The van der Waals surface area contributed by atoms with E-state index in [-0.39, 0.29) is 25.6 Å². The van der Waals surface area contributed by atoms with Gasteiger partial charge < -0.3 is 20.4 Å². The van der Waals surface area contributed by atoms with Crippen LogP contribution in [0, 0.1) is 0 Å². The van der Waals surface area contributed by atoms with E-state index in [1.54, 1.807) is 45.2 Å². The maximum atomic E-state index is 12.0. The molecule has 0 heterocycles. The molecule has 6 nitrogen and oxygen atoms in total. The van der Waals surface area contributed by atoms with Crippen molar-refractivity contribution in [1.29, 1.82) is 0 Å². The van der Waals surface area contributed by atoms with Crippen LogP contribution in [0.15, 0.2) is 24.3 Å².